The van der Waals surface area contributed by atoms with Gasteiger partial charge in [-0.05, 0) is 53.7 Å². The van der Waals surface area contributed by atoms with Gasteiger partial charge in [0.25, 0.3) is 0 Å². The van der Waals surface area contributed by atoms with Gasteiger partial charge < -0.3 is 24.8 Å². The molecular formula is C43H62N2O4. The number of aliphatic hydroxyl groups excluding tert-OH is 1. The molecule has 3 atom stereocenters. The quantitative estimate of drug-likeness (QED) is 0.104. The van der Waals surface area contributed by atoms with Gasteiger partial charge >= 0.3 is 0 Å². The molecule has 1 amide bonds. The average molecular weight is 671 g/mol. The van der Waals surface area contributed by atoms with Crippen LogP contribution in [-0.4, -0.2) is 41.7 Å². The maximum Gasteiger partial charge on any atom is 0.217 e. The highest BCUT2D eigenvalue weighted by atomic mass is 16.7. The lowest BCUT2D eigenvalue weighted by atomic mass is 9.97. The van der Waals surface area contributed by atoms with E-state index in [0.29, 0.717) is 6.54 Å². The van der Waals surface area contributed by atoms with Crippen molar-refractivity contribution in [2.75, 3.05) is 19.6 Å². The highest BCUT2D eigenvalue weighted by Crippen LogP contribution is 2.39. The summed E-state index contributed by atoms with van der Waals surface area (Å²) in [5.41, 5.74) is 6.31. The van der Waals surface area contributed by atoms with Crippen molar-refractivity contribution >= 4 is 5.91 Å². The predicted octanol–water partition coefficient (Wildman–Crippen LogP) is 10.1. The number of rotatable bonds is 22. The minimum absolute atomic E-state index is 0.0340. The summed E-state index contributed by atoms with van der Waals surface area (Å²) in [6.45, 7) is 9.78. The van der Waals surface area contributed by atoms with Gasteiger partial charge in [0.2, 0.25) is 5.91 Å². The van der Waals surface area contributed by atoms with Crippen LogP contribution in [0, 0.1) is 0 Å². The van der Waals surface area contributed by atoms with Crippen molar-refractivity contribution in [2.24, 2.45) is 0 Å². The highest BCUT2D eigenvalue weighted by molar-refractivity contribution is 5.74. The van der Waals surface area contributed by atoms with Gasteiger partial charge in [0.05, 0.1) is 18.8 Å². The summed E-state index contributed by atoms with van der Waals surface area (Å²) in [6.07, 6.45) is 15.9. The normalized spacial score (nSPS) is 17.8. The number of unbranched alkanes of at least 4 members (excludes halogenated alkanes) is 10. The zero-order chi connectivity index (χ0) is 34.7. The minimum atomic E-state index is -0.477. The topological polar surface area (TPSA) is 71.0 Å². The number of nitrogens with zero attached hydrogens (tertiary/aromatic N) is 1. The lowest BCUT2D eigenvalue weighted by molar-refractivity contribution is -0.253. The molecule has 0 aromatic heterocycles. The second kappa shape index (κ2) is 21.9. The summed E-state index contributed by atoms with van der Waals surface area (Å²) >= 11 is 0. The van der Waals surface area contributed by atoms with E-state index in [1.54, 1.807) is 6.92 Å². The summed E-state index contributed by atoms with van der Waals surface area (Å²) in [7, 11) is 0. The summed E-state index contributed by atoms with van der Waals surface area (Å²) in [5, 5.41) is 12.6. The molecule has 1 aliphatic heterocycles. The Morgan fingerprint density at radius 3 is 1.96 bits per heavy atom. The van der Waals surface area contributed by atoms with Crippen LogP contribution in [0.3, 0.4) is 0 Å². The number of carbonyl (C=O) groups is 1. The molecule has 1 fully saturated rings. The first-order valence-electron chi connectivity index (χ1n) is 19.2. The van der Waals surface area contributed by atoms with E-state index in [9.17, 15) is 9.90 Å². The number of carbonyl (C=O) groups excluding carboxylic acids is 1. The fourth-order valence-electron chi connectivity index (χ4n) is 6.84. The molecule has 0 spiro atoms. The molecule has 1 heterocycles. The number of aliphatic hydroxyl groups is 1. The van der Waals surface area contributed by atoms with Crippen LogP contribution in [0.4, 0.5) is 0 Å². The van der Waals surface area contributed by atoms with Gasteiger partial charge in [-0.3, -0.25) is 4.79 Å². The number of nitrogens with one attached hydrogen (secondary N) is 1. The molecule has 1 aliphatic rings. The fourth-order valence-corrected chi connectivity index (χ4v) is 6.84. The van der Waals surface area contributed by atoms with Crippen LogP contribution in [-0.2, 0) is 27.4 Å². The van der Waals surface area contributed by atoms with Crippen LogP contribution in [0.25, 0.3) is 11.1 Å². The van der Waals surface area contributed by atoms with Gasteiger partial charge in [0.1, 0.15) is 0 Å². The monoisotopic (exact) mass is 670 g/mol. The predicted molar refractivity (Wildman–Crippen MR) is 201 cm³/mol. The van der Waals surface area contributed by atoms with E-state index in [0.717, 1.165) is 59.4 Å². The second-order valence-corrected chi connectivity index (χ2v) is 13.9. The Morgan fingerprint density at radius 1 is 0.755 bits per heavy atom. The van der Waals surface area contributed by atoms with Crippen LogP contribution < -0.4 is 5.32 Å². The summed E-state index contributed by atoms with van der Waals surface area (Å²) in [4.78, 5) is 14.2. The third kappa shape index (κ3) is 13.3. The van der Waals surface area contributed by atoms with Crippen molar-refractivity contribution in [1.82, 2.24) is 10.2 Å². The zero-order valence-electron chi connectivity index (χ0n) is 30.5. The molecule has 2 N–H and O–H groups in total. The maximum absolute atomic E-state index is 11.6. The van der Waals surface area contributed by atoms with E-state index in [1.807, 2.05) is 24.3 Å². The molecule has 0 saturated carbocycles. The molecule has 0 aliphatic carbocycles. The summed E-state index contributed by atoms with van der Waals surface area (Å²) < 4.78 is 13.5. The van der Waals surface area contributed by atoms with Crippen molar-refractivity contribution in [3.8, 4) is 11.1 Å². The first kappa shape index (κ1) is 38.8. The van der Waals surface area contributed by atoms with Crippen molar-refractivity contribution < 1.29 is 19.4 Å². The zero-order valence-corrected chi connectivity index (χ0v) is 30.5. The van der Waals surface area contributed by atoms with Gasteiger partial charge in [0, 0.05) is 32.0 Å². The van der Waals surface area contributed by atoms with E-state index in [2.05, 4.69) is 72.6 Å². The molecule has 3 aromatic carbocycles. The number of ether oxygens (including phenoxy) is 2. The molecule has 6 heteroatoms. The summed E-state index contributed by atoms with van der Waals surface area (Å²) in [6, 6.07) is 24.9. The SMILES string of the molecule is CCCCCCCCN(CCCCCCCC)C[C@@H]1C[C@H](c2ccc(CO)cc2)O[C@H](c2ccc(-c3ccccc3CNC(C)=O)cc2)O1. The van der Waals surface area contributed by atoms with Gasteiger partial charge in [0.15, 0.2) is 6.29 Å². The number of amides is 1. The first-order chi connectivity index (χ1) is 24.0. The van der Waals surface area contributed by atoms with Crippen molar-refractivity contribution in [3.63, 3.8) is 0 Å². The van der Waals surface area contributed by atoms with Gasteiger partial charge in [-0.15, -0.1) is 0 Å². The van der Waals surface area contributed by atoms with E-state index in [1.165, 1.54) is 77.0 Å². The van der Waals surface area contributed by atoms with Crippen LogP contribution in [0.2, 0.25) is 0 Å². The van der Waals surface area contributed by atoms with Gasteiger partial charge in [-0.25, -0.2) is 0 Å². The smallest absolute Gasteiger partial charge is 0.217 e. The minimum Gasteiger partial charge on any atom is -0.392 e. The Kier molecular flexibility index (Phi) is 17.3. The fraction of sp³-hybridized carbons (Fsp3) is 0.558. The average Bonchev–Trinajstić information content (AvgIpc) is 3.13. The Labute approximate surface area is 296 Å². The standard InChI is InChI=1S/C43H62N2O4/c1-4-6-8-10-12-16-28-45(29-17-13-11-9-7-5-2)32-40-30-42(37-22-20-35(33-46)21-23-37)49-43(48-40)38-26-24-36(25-27-38)41-19-15-14-18-39(41)31-44-34(3)47/h14-15,18-27,40,42-43,46H,4-13,16-17,28-33H2,1-3H3,(H,44,47)/t40-,42+,43+/m0/s1. The van der Waals surface area contributed by atoms with Crippen molar-refractivity contribution in [3.05, 3.63) is 95.1 Å². The van der Waals surface area contributed by atoms with Crippen LogP contribution >= 0.6 is 0 Å². The van der Waals surface area contributed by atoms with E-state index in [4.69, 9.17) is 9.47 Å². The molecular weight excluding hydrogens is 608 g/mol. The first-order valence-corrected chi connectivity index (χ1v) is 19.2. The molecule has 0 radical (unpaired) electrons. The molecule has 0 unspecified atom stereocenters. The van der Waals surface area contributed by atoms with E-state index in [-0.39, 0.29) is 24.7 Å². The van der Waals surface area contributed by atoms with Crippen molar-refractivity contribution in [1.29, 1.82) is 0 Å². The lowest BCUT2D eigenvalue weighted by Crippen LogP contribution is -2.40. The number of hydrogen-bond donors (Lipinski definition) is 2. The Morgan fingerprint density at radius 2 is 1.35 bits per heavy atom. The number of benzene rings is 3. The molecule has 0 bridgehead atoms. The number of hydrogen-bond acceptors (Lipinski definition) is 5. The van der Waals surface area contributed by atoms with Crippen molar-refractivity contribution in [2.45, 2.75) is 136 Å². The third-order valence-corrected chi connectivity index (χ3v) is 9.77. The Balaban J connectivity index is 1.49. The molecule has 6 nitrogen and oxygen atoms in total. The van der Waals surface area contributed by atoms with Gasteiger partial charge in [-0.2, -0.15) is 0 Å². The summed E-state index contributed by atoms with van der Waals surface area (Å²) in [5.74, 6) is -0.0376. The highest BCUT2D eigenvalue weighted by Gasteiger charge is 2.33. The molecule has 1 saturated heterocycles. The van der Waals surface area contributed by atoms with E-state index >= 15 is 0 Å². The van der Waals surface area contributed by atoms with E-state index < -0.39 is 6.29 Å². The van der Waals surface area contributed by atoms with Crippen LogP contribution in [0.15, 0.2) is 72.8 Å². The molecule has 49 heavy (non-hydrogen) atoms. The Hall–Kier alpha value is -3.03. The van der Waals surface area contributed by atoms with Gasteiger partial charge in [-0.1, -0.05) is 151 Å². The molecule has 3 aromatic rings. The largest absolute Gasteiger partial charge is 0.392 e. The maximum atomic E-state index is 11.6. The molecule has 4 rings (SSSR count). The third-order valence-electron chi connectivity index (χ3n) is 9.77. The Bertz CT molecular complexity index is 1330. The lowest BCUT2D eigenvalue weighted by Gasteiger charge is -2.38. The molecule has 268 valence electrons. The van der Waals surface area contributed by atoms with Crippen LogP contribution in [0.1, 0.15) is 139 Å². The van der Waals surface area contributed by atoms with Crippen LogP contribution in [0.5, 0.6) is 0 Å². The second-order valence-electron chi connectivity index (χ2n) is 13.9.